The van der Waals surface area contributed by atoms with Crippen LogP contribution in [0.5, 0.6) is 0 Å². The maximum Gasteiger partial charge on any atom is 0.317 e. The first-order chi connectivity index (χ1) is 9.10. The van der Waals surface area contributed by atoms with Gasteiger partial charge < -0.3 is 20.1 Å². The number of carboxylic acid groups (broad SMARTS) is 1. The Morgan fingerprint density at radius 3 is 2.74 bits per heavy atom. The molecule has 0 radical (unpaired) electrons. The summed E-state index contributed by atoms with van der Waals surface area (Å²) >= 11 is 0. The number of likely N-dealkylation sites (tertiary alicyclic amines) is 1. The summed E-state index contributed by atoms with van der Waals surface area (Å²) in [7, 11) is 1.67. The number of urea groups is 1. The highest BCUT2D eigenvalue weighted by Crippen LogP contribution is 2.26. The molecule has 1 aliphatic carbocycles. The van der Waals surface area contributed by atoms with Gasteiger partial charge in [-0.1, -0.05) is 0 Å². The van der Waals surface area contributed by atoms with E-state index in [1.807, 2.05) is 0 Å². The monoisotopic (exact) mass is 270 g/mol. The van der Waals surface area contributed by atoms with Crippen LogP contribution in [0.25, 0.3) is 0 Å². The number of hydrogen-bond donors (Lipinski definition) is 2. The Morgan fingerprint density at radius 1 is 1.32 bits per heavy atom. The number of aliphatic carboxylic acids is 1. The third-order valence-corrected chi connectivity index (χ3v) is 4.11. The van der Waals surface area contributed by atoms with Gasteiger partial charge in [0.1, 0.15) is 0 Å². The van der Waals surface area contributed by atoms with Crippen molar-refractivity contribution in [2.45, 2.75) is 44.2 Å². The van der Waals surface area contributed by atoms with E-state index in [0.29, 0.717) is 19.4 Å². The molecule has 0 spiro atoms. The van der Waals surface area contributed by atoms with Crippen LogP contribution in [0.3, 0.4) is 0 Å². The first-order valence-corrected chi connectivity index (χ1v) is 6.91. The lowest BCUT2D eigenvalue weighted by Crippen LogP contribution is -2.49. The summed E-state index contributed by atoms with van der Waals surface area (Å²) in [6.07, 6.45) is 4.02. The number of nitrogens with zero attached hydrogens (tertiary/aromatic N) is 1. The van der Waals surface area contributed by atoms with Gasteiger partial charge in [-0.25, -0.2) is 4.79 Å². The summed E-state index contributed by atoms with van der Waals surface area (Å²) in [5.41, 5.74) is 0. The smallest absolute Gasteiger partial charge is 0.317 e. The molecule has 6 heteroatoms. The summed E-state index contributed by atoms with van der Waals surface area (Å²) in [5.74, 6) is -1.06. The van der Waals surface area contributed by atoms with Crippen molar-refractivity contribution in [1.29, 1.82) is 0 Å². The fraction of sp³-hybridized carbons (Fsp3) is 0.846. The molecule has 2 aliphatic rings. The van der Waals surface area contributed by atoms with Crippen molar-refractivity contribution in [2.75, 3.05) is 20.2 Å². The topological polar surface area (TPSA) is 78.9 Å². The lowest BCUT2D eigenvalue weighted by Gasteiger charge is -2.32. The highest BCUT2D eigenvalue weighted by Gasteiger charge is 2.32. The predicted octanol–water partition coefficient (Wildman–Crippen LogP) is 1.06. The van der Waals surface area contributed by atoms with Gasteiger partial charge in [0.25, 0.3) is 0 Å². The Bertz CT molecular complexity index is 348. The Labute approximate surface area is 113 Å². The molecule has 6 nitrogen and oxygen atoms in total. The molecule has 0 bridgehead atoms. The van der Waals surface area contributed by atoms with Gasteiger partial charge in [-0.3, -0.25) is 4.79 Å². The number of methoxy groups -OCH3 is 1. The average Bonchev–Trinajstić information content (AvgIpc) is 2.87. The van der Waals surface area contributed by atoms with Crippen LogP contribution in [-0.4, -0.2) is 54.4 Å². The van der Waals surface area contributed by atoms with Gasteiger partial charge in [0.05, 0.1) is 12.0 Å². The minimum Gasteiger partial charge on any atom is -0.481 e. The summed E-state index contributed by atoms with van der Waals surface area (Å²) in [4.78, 5) is 24.8. The lowest BCUT2D eigenvalue weighted by molar-refractivity contribution is -0.141. The zero-order chi connectivity index (χ0) is 13.8. The summed E-state index contributed by atoms with van der Waals surface area (Å²) in [6.45, 7) is 1.37. The molecule has 0 aromatic carbocycles. The van der Waals surface area contributed by atoms with Crippen LogP contribution in [0.15, 0.2) is 0 Å². The first-order valence-electron chi connectivity index (χ1n) is 6.91. The highest BCUT2D eigenvalue weighted by atomic mass is 16.5. The number of amides is 2. The van der Waals surface area contributed by atoms with Gasteiger partial charge in [0, 0.05) is 26.2 Å². The van der Waals surface area contributed by atoms with Crippen molar-refractivity contribution in [3.63, 3.8) is 0 Å². The molecule has 108 valence electrons. The molecule has 2 fully saturated rings. The third kappa shape index (κ3) is 3.59. The molecule has 3 atom stereocenters. The second-order valence-corrected chi connectivity index (χ2v) is 5.44. The Morgan fingerprint density at radius 2 is 2.11 bits per heavy atom. The van der Waals surface area contributed by atoms with E-state index in [4.69, 9.17) is 9.84 Å². The van der Waals surface area contributed by atoms with Crippen LogP contribution in [0.4, 0.5) is 4.79 Å². The van der Waals surface area contributed by atoms with Crippen LogP contribution < -0.4 is 5.32 Å². The Hall–Kier alpha value is -1.30. The molecule has 1 heterocycles. The molecule has 19 heavy (non-hydrogen) atoms. The lowest BCUT2D eigenvalue weighted by atomic mass is 10.1. The molecular formula is C13H22N2O4. The minimum atomic E-state index is -0.755. The highest BCUT2D eigenvalue weighted by molar-refractivity contribution is 5.75. The maximum absolute atomic E-state index is 12.1. The zero-order valence-corrected chi connectivity index (χ0v) is 11.3. The molecule has 1 saturated carbocycles. The molecule has 2 N–H and O–H groups in total. The number of carboxylic acids is 1. The first kappa shape index (κ1) is 14.1. The summed E-state index contributed by atoms with van der Waals surface area (Å²) in [5, 5.41) is 11.9. The fourth-order valence-corrected chi connectivity index (χ4v) is 2.92. The van der Waals surface area contributed by atoms with Gasteiger partial charge in [0.2, 0.25) is 0 Å². The van der Waals surface area contributed by atoms with Crippen molar-refractivity contribution >= 4 is 12.0 Å². The van der Waals surface area contributed by atoms with Crippen LogP contribution in [-0.2, 0) is 9.53 Å². The number of piperidine rings is 1. The molecule has 0 aromatic rings. The van der Waals surface area contributed by atoms with Gasteiger partial charge in [-0.2, -0.15) is 0 Å². The molecule has 0 aromatic heterocycles. The molecule has 3 unspecified atom stereocenters. The maximum atomic E-state index is 12.1. The largest absolute Gasteiger partial charge is 0.481 e. The third-order valence-electron chi connectivity index (χ3n) is 4.11. The zero-order valence-electron chi connectivity index (χ0n) is 11.3. The van der Waals surface area contributed by atoms with Crippen molar-refractivity contribution in [2.24, 2.45) is 5.92 Å². The van der Waals surface area contributed by atoms with E-state index in [9.17, 15) is 9.59 Å². The van der Waals surface area contributed by atoms with Crippen molar-refractivity contribution in [3.8, 4) is 0 Å². The summed E-state index contributed by atoms with van der Waals surface area (Å²) < 4.78 is 5.29. The van der Waals surface area contributed by atoms with E-state index in [1.165, 1.54) is 0 Å². The van der Waals surface area contributed by atoms with Crippen LogP contribution in [0, 0.1) is 5.92 Å². The minimum absolute atomic E-state index is 0.00322. The van der Waals surface area contributed by atoms with E-state index in [0.717, 1.165) is 25.8 Å². The van der Waals surface area contributed by atoms with E-state index < -0.39 is 5.97 Å². The van der Waals surface area contributed by atoms with E-state index in [2.05, 4.69) is 5.32 Å². The van der Waals surface area contributed by atoms with Crippen molar-refractivity contribution in [1.82, 2.24) is 10.2 Å². The summed E-state index contributed by atoms with van der Waals surface area (Å²) in [6, 6.07) is -0.0886. The second kappa shape index (κ2) is 6.23. The van der Waals surface area contributed by atoms with Gasteiger partial charge >= 0.3 is 12.0 Å². The van der Waals surface area contributed by atoms with Crippen LogP contribution in [0.1, 0.15) is 32.1 Å². The second-order valence-electron chi connectivity index (χ2n) is 5.44. The van der Waals surface area contributed by atoms with E-state index in [1.54, 1.807) is 12.0 Å². The number of carbonyl (C=O) groups is 2. The Balaban J connectivity index is 1.79. The molecule has 2 amide bonds. The predicted molar refractivity (Wildman–Crippen MR) is 68.9 cm³/mol. The molecular weight excluding hydrogens is 248 g/mol. The molecule has 2 rings (SSSR count). The van der Waals surface area contributed by atoms with Gasteiger partial charge in [0.15, 0.2) is 0 Å². The van der Waals surface area contributed by atoms with E-state index in [-0.39, 0.29) is 24.1 Å². The number of nitrogens with one attached hydrogen (secondary N) is 1. The number of ether oxygens (including phenoxy) is 1. The van der Waals surface area contributed by atoms with Gasteiger partial charge in [-0.15, -0.1) is 0 Å². The van der Waals surface area contributed by atoms with Gasteiger partial charge in [-0.05, 0) is 32.1 Å². The van der Waals surface area contributed by atoms with Crippen LogP contribution >= 0.6 is 0 Å². The molecule has 1 aliphatic heterocycles. The quantitative estimate of drug-likeness (QED) is 0.803. The SMILES string of the molecule is COC1CCCN(C(=O)NC2CCC(C(=O)O)C2)C1. The fourth-order valence-electron chi connectivity index (χ4n) is 2.92. The van der Waals surface area contributed by atoms with Crippen molar-refractivity contribution in [3.05, 3.63) is 0 Å². The standard InChI is InChI=1S/C13H22N2O4/c1-19-11-3-2-6-15(8-11)13(18)14-10-5-4-9(7-10)12(16)17/h9-11H,2-8H2,1H3,(H,14,18)(H,16,17). The average molecular weight is 270 g/mol. The normalized spacial score (nSPS) is 31.2. The van der Waals surface area contributed by atoms with Crippen molar-refractivity contribution < 1.29 is 19.4 Å². The van der Waals surface area contributed by atoms with Crippen LogP contribution in [0.2, 0.25) is 0 Å². The Kier molecular flexibility index (Phi) is 4.63. The number of rotatable bonds is 3. The number of hydrogen-bond acceptors (Lipinski definition) is 3. The molecule has 1 saturated heterocycles. The van der Waals surface area contributed by atoms with E-state index >= 15 is 0 Å². The number of carbonyl (C=O) groups excluding carboxylic acids is 1.